The monoisotopic (exact) mass is 331 g/mol. The molecule has 0 atom stereocenters. The summed E-state index contributed by atoms with van der Waals surface area (Å²) in [4.78, 5) is 14.4. The zero-order chi connectivity index (χ0) is 17.7. The maximum Gasteiger partial charge on any atom is 0.257 e. The second-order valence-electron chi connectivity index (χ2n) is 6.61. The van der Waals surface area contributed by atoms with Crippen molar-refractivity contribution >= 4 is 5.91 Å². The minimum Gasteiger partial charge on any atom is -0.496 e. The van der Waals surface area contributed by atoms with Gasteiger partial charge in [0.25, 0.3) is 5.91 Å². The van der Waals surface area contributed by atoms with Crippen molar-refractivity contribution in [3.8, 4) is 5.75 Å². The molecule has 130 valence electrons. The van der Waals surface area contributed by atoms with E-state index in [0.717, 1.165) is 11.3 Å². The van der Waals surface area contributed by atoms with E-state index < -0.39 is 0 Å². The van der Waals surface area contributed by atoms with E-state index in [1.165, 1.54) is 0 Å². The molecule has 24 heavy (non-hydrogen) atoms. The number of nitrogens with zero attached hydrogens (tertiary/aromatic N) is 3. The van der Waals surface area contributed by atoms with Crippen LogP contribution in [0.25, 0.3) is 0 Å². The van der Waals surface area contributed by atoms with Crippen LogP contribution in [0.15, 0.2) is 36.7 Å². The van der Waals surface area contributed by atoms with E-state index in [2.05, 4.69) is 5.10 Å². The first kappa shape index (κ1) is 18.0. The number of carbonyl (C=O) groups is 1. The molecule has 1 N–H and O–H groups in total. The van der Waals surface area contributed by atoms with E-state index >= 15 is 0 Å². The highest BCUT2D eigenvalue weighted by atomic mass is 16.5. The summed E-state index contributed by atoms with van der Waals surface area (Å²) < 4.78 is 7.11. The second kappa shape index (κ2) is 7.49. The van der Waals surface area contributed by atoms with Crippen molar-refractivity contribution in [3.63, 3.8) is 0 Å². The van der Waals surface area contributed by atoms with Gasteiger partial charge in [0.05, 0.1) is 31.0 Å². The fourth-order valence-corrected chi connectivity index (χ4v) is 2.40. The van der Waals surface area contributed by atoms with E-state index in [4.69, 9.17) is 4.74 Å². The summed E-state index contributed by atoms with van der Waals surface area (Å²) in [7, 11) is 1.60. The molecule has 0 saturated heterocycles. The van der Waals surface area contributed by atoms with Gasteiger partial charge in [0, 0.05) is 24.8 Å². The number of hydrogen-bond acceptors (Lipinski definition) is 4. The smallest absolute Gasteiger partial charge is 0.257 e. The summed E-state index contributed by atoms with van der Waals surface area (Å²) in [6.45, 7) is 6.58. The van der Waals surface area contributed by atoms with Gasteiger partial charge in [0.2, 0.25) is 0 Å². The lowest BCUT2D eigenvalue weighted by molar-refractivity contribution is 0.0706. The SMILES string of the molecule is COc1ccccc1CN(CCO)C(=O)c1cnn(C(C)(C)C)c1. The number of carbonyl (C=O) groups excluding carboxylic acids is 1. The average Bonchev–Trinajstić information content (AvgIpc) is 3.04. The zero-order valence-electron chi connectivity index (χ0n) is 14.7. The Hall–Kier alpha value is -2.34. The van der Waals surface area contributed by atoms with Crippen molar-refractivity contribution in [3.05, 3.63) is 47.8 Å². The number of hydrogen-bond donors (Lipinski definition) is 1. The quantitative estimate of drug-likeness (QED) is 0.882. The number of benzene rings is 1. The molecule has 0 bridgehead atoms. The molecule has 0 unspecified atom stereocenters. The van der Waals surface area contributed by atoms with Crippen LogP contribution in [-0.4, -0.2) is 46.0 Å². The Morgan fingerprint density at radius 2 is 2.04 bits per heavy atom. The van der Waals surface area contributed by atoms with Gasteiger partial charge >= 0.3 is 0 Å². The van der Waals surface area contributed by atoms with Crippen LogP contribution in [0.4, 0.5) is 0 Å². The fourth-order valence-electron chi connectivity index (χ4n) is 2.40. The number of aliphatic hydroxyl groups excluding tert-OH is 1. The van der Waals surface area contributed by atoms with E-state index in [1.54, 1.807) is 29.1 Å². The molecule has 0 aliphatic rings. The predicted molar refractivity (Wildman–Crippen MR) is 92.0 cm³/mol. The van der Waals surface area contributed by atoms with Gasteiger partial charge in [0.1, 0.15) is 5.75 Å². The van der Waals surface area contributed by atoms with Crippen LogP contribution in [0.3, 0.4) is 0 Å². The van der Waals surface area contributed by atoms with Gasteiger partial charge in [-0.2, -0.15) is 5.10 Å². The number of aromatic nitrogens is 2. The number of amides is 1. The van der Waals surface area contributed by atoms with Crippen LogP contribution in [0.2, 0.25) is 0 Å². The van der Waals surface area contributed by atoms with Crippen LogP contribution in [0, 0.1) is 0 Å². The van der Waals surface area contributed by atoms with E-state index in [1.807, 2.05) is 45.0 Å². The molecule has 1 aromatic carbocycles. The molecule has 2 aromatic rings. The lowest BCUT2D eigenvalue weighted by atomic mass is 10.1. The van der Waals surface area contributed by atoms with Gasteiger partial charge in [-0.05, 0) is 26.8 Å². The summed E-state index contributed by atoms with van der Waals surface area (Å²) in [6.07, 6.45) is 3.31. The van der Waals surface area contributed by atoms with Gasteiger partial charge in [-0.3, -0.25) is 9.48 Å². The van der Waals surface area contributed by atoms with Gasteiger partial charge in [-0.15, -0.1) is 0 Å². The van der Waals surface area contributed by atoms with Crippen molar-refractivity contribution in [2.45, 2.75) is 32.9 Å². The Morgan fingerprint density at radius 1 is 1.33 bits per heavy atom. The van der Waals surface area contributed by atoms with Gasteiger partial charge in [-0.25, -0.2) is 0 Å². The minimum atomic E-state index is -0.191. The molecule has 2 rings (SSSR count). The number of para-hydroxylation sites is 1. The standard InChI is InChI=1S/C18H25N3O3/c1-18(2,3)21-13-15(11-19-21)17(23)20(9-10-22)12-14-7-5-6-8-16(14)24-4/h5-8,11,13,22H,9-10,12H2,1-4H3. The summed E-state index contributed by atoms with van der Waals surface area (Å²) in [6, 6.07) is 7.55. The van der Waals surface area contributed by atoms with Crippen molar-refractivity contribution in [2.75, 3.05) is 20.3 Å². The summed E-state index contributed by atoms with van der Waals surface area (Å²) in [5.74, 6) is 0.559. The molecule has 6 heteroatoms. The molecular weight excluding hydrogens is 306 g/mol. The Bertz CT molecular complexity index is 689. The van der Waals surface area contributed by atoms with E-state index in [9.17, 15) is 9.90 Å². The Kier molecular flexibility index (Phi) is 5.62. The first-order valence-corrected chi connectivity index (χ1v) is 7.94. The summed E-state index contributed by atoms with van der Waals surface area (Å²) >= 11 is 0. The molecule has 1 aromatic heterocycles. The molecule has 0 radical (unpaired) electrons. The third kappa shape index (κ3) is 4.14. The van der Waals surface area contributed by atoms with Crippen molar-refractivity contribution < 1.29 is 14.6 Å². The number of ether oxygens (including phenoxy) is 1. The molecule has 1 amide bonds. The lowest BCUT2D eigenvalue weighted by Crippen LogP contribution is -2.33. The van der Waals surface area contributed by atoms with E-state index in [0.29, 0.717) is 12.1 Å². The van der Waals surface area contributed by atoms with Crippen molar-refractivity contribution in [1.82, 2.24) is 14.7 Å². The molecule has 6 nitrogen and oxygen atoms in total. The Morgan fingerprint density at radius 3 is 2.62 bits per heavy atom. The maximum atomic E-state index is 12.8. The second-order valence-corrected chi connectivity index (χ2v) is 6.61. The average molecular weight is 331 g/mol. The minimum absolute atomic E-state index is 0.103. The molecule has 0 fully saturated rings. The Labute approximate surface area is 142 Å². The maximum absolute atomic E-state index is 12.8. The molecule has 1 heterocycles. The molecule has 0 aliphatic heterocycles. The highest BCUT2D eigenvalue weighted by molar-refractivity contribution is 5.93. The number of aliphatic hydroxyl groups is 1. The van der Waals surface area contributed by atoms with E-state index in [-0.39, 0.29) is 24.6 Å². The third-order valence-electron chi connectivity index (χ3n) is 3.73. The topological polar surface area (TPSA) is 67.6 Å². The molecule has 0 saturated carbocycles. The van der Waals surface area contributed by atoms with Gasteiger partial charge in [-0.1, -0.05) is 18.2 Å². The number of rotatable bonds is 6. The van der Waals surface area contributed by atoms with Gasteiger partial charge in [0.15, 0.2) is 0 Å². The van der Waals surface area contributed by atoms with Crippen molar-refractivity contribution in [2.24, 2.45) is 0 Å². The van der Waals surface area contributed by atoms with Crippen LogP contribution in [-0.2, 0) is 12.1 Å². The highest BCUT2D eigenvalue weighted by Crippen LogP contribution is 2.21. The van der Waals surface area contributed by atoms with Crippen LogP contribution < -0.4 is 4.74 Å². The first-order valence-electron chi connectivity index (χ1n) is 7.94. The molecule has 0 aliphatic carbocycles. The zero-order valence-corrected chi connectivity index (χ0v) is 14.7. The Balaban J connectivity index is 2.23. The van der Waals surface area contributed by atoms with Crippen LogP contribution >= 0.6 is 0 Å². The fraction of sp³-hybridized carbons (Fsp3) is 0.444. The van der Waals surface area contributed by atoms with Crippen molar-refractivity contribution in [1.29, 1.82) is 0 Å². The largest absolute Gasteiger partial charge is 0.496 e. The summed E-state index contributed by atoms with van der Waals surface area (Å²) in [5, 5.41) is 13.6. The van der Waals surface area contributed by atoms with Crippen LogP contribution in [0.5, 0.6) is 5.75 Å². The first-order chi connectivity index (χ1) is 11.4. The lowest BCUT2D eigenvalue weighted by Gasteiger charge is -2.22. The molecule has 0 spiro atoms. The van der Waals surface area contributed by atoms with Crippen LogP contribution in [0.1, 0.15) is 36.7 Å². The molecular formula is C18H25N3O3. The normalized spacial score (nSPS) is 11.4. The number of methoxy groups -OCH3 is 1. The summed E-state index contributed by atoms with van der Waals surface area (Å²) in [5.41, 5.74) is 1.21. The third-order valence-corrected chi connectivity index (χ3v) is 3.73. The highest BCUT2D eigenvalue weighted by Gasteiger charge is 2.21. The van der Waals surface area contributed by atoms with Gasteiger partial charge < -0.3 is 14.7 Å². The predicted octanol–water partition coefficient (Wildman–Crippen LogP) is 2.28.